The zero-order chi connectivity index (χ0) is 34.0. The number of amides is 1. The van der Waals surface area contributed by atoms with E-state index < -0.39 is 55.6 Å². The molecule has 1 fully saturated rings. The lowest BCUT2D eigenvalue weighted by Gasteiger charge is -2.40. The van der Waals surface area contributed by atoms with E-state index in [0.29, 0.717) is 6.42 Å². The average Bonchev–Trinajstić information content (AvgIpc) is 3.05. The van der Waals surface area contributed by atoms with E-state index in [-0.39, 0.29) is 18.9 Å². The first kappa shape index (κ1) is 43.2. The first-order chi connectivity index (χ1) is 22.3. The summed E-state index contributed by atoms with van der Waals surface area (Å²) in [5, 5.41) is 64.5. The fourth-order valence-corrected chi connectivity index (χ4v) is 6.14. The molecule has 0 spiro atoms. The van der Waals surface area contributed by atoms with E-state index in [0.717, 1.165) is 51.4 Å². The van der Waals surface area contributed by atoms with Gasteiger partial charge in [-0.1, -0.05) is 142 Å². The second-order valence-electron chi connectivity index (χ2n) is 13.5. The molecular formula is C36H71NO9. The van der Waals surface area contributed by atoms with Crippen molar-refractivity contribution in [3.05, 3.63) is 0 Å². The first-order valence-electron chi connectivity index (χ1n) is 18.8. The van der Waals surface area contributed by atoms with Crippen LogP contribution in [0.3, 0.4) is 0 Å². The van der Waals surface area contributed by atoms with Gasteiger partial charge in [-0.3, -0.25) is 4.79 Å². The van der Waals surface area contributed by atoms with Crippen molar-refractivity contribution in [3.8, 4) is 0 Å². The zero-order valence-corrected chi connectivity index (χ0v) is 29.2. The van der Waals surface area contributed by atoms with Gasteiger partial charge in [-0.2, -0.15) is 0 Å². The van der Waals surface area contributed by atoms with Gasteiger partial charge in [-0.05, 0) is 12.8 Å². The summed E-state index contributed by atoms with van der Waals surface area (Å²) in [4.78, 5) is 12.9. The number of aliphatic hydroxyl groups is 6. The molecule has 1 amide bonds. The number of aliphatic hydroxyl groups excluding tert-OH is 6. The predicted octanol–water partition coefficient (Wildman–Crippen LogP) is 5.02. The van der Waals surface area contributed by atoms with Crippen LogP contribution in [0.1, 0.15) is 162 Å². The molecule has 0 radical (unpaired) electrons. The second-order valence-corrected chi connectivity index (χ2v) is 13.5. The summed E-state index contributed by atoms with van der Waals surface area (Å²) in [5.41, 5.74) is 0. The summed E-state index contributed by atoms with van der Waals surface area (Å²) in [5.74, 6) is -0.260. The van der Waals surface area contributed by atoms with Crippen molar-refractivity contribution in [3.63, 3.8) is 0 Å². The molecule has 0 saturated carbocycles. The molecule has 274 valence electrons. The van der Waals surface area contributed by atoms with Gasteiger partial charge in [0.2, 0.25) is 5.91 Å². The van der Waals surface area contributed by atoms with Crippen LogP contribution in [0, 0.1) is 0 Å². The molecule has 7 N–H and O–H groups in total. The normalized spacial score (nSPS) is 23.7. The van der Waals surface area contributed by atoms with Gasteiger partial charge in [0, 0.05) is 6.42 Å². The van der Waals surface area contributed by atoms with E-state index in [4.69, 9.17) is 9.47 Å². The van der Waals surface area contributed by atoms with Gasteiger partial charge < -0.3 is 45.4 Å². The van der Waals surface area contributed by atoms with Crippen LogP contribution in [-0.2, 0) is 14.3 Å². The highest BCUT2D eigenvalue weighted by Gasteiger charge is 2.44. The molecule has 8 atom stereocenters. The van der Waals surface area contributed by atoms with Crippen molar-refractivity contribution >= 4 is 5.91 Å². The Kier molecular flexibility index (Phi) is 26.3. The zero-order valence-electron chi connectivity index (χ0n) is 29.2. The van der Waals surface area contributed by atoms with Gasteiger partial charge in [-0.25, -0.2) is 0 Å². The lowest BCUT2D eigenvalue weighted by atomic mass is 9.98. The molecule has 10 heteroatoms. The minimum atomic E-state index is -1.60. The van der Waals surface area contributed by atoms with Crippen LogP contribution in [-0.4, -0.2) is 98.7 Å². The van der Waals surface area contributed by atoms with Crippen molar-refractivity contribution in [1.29, 1.82) is 0 Å². The number of carbonyl (C=O) groups is 1. The molecule has 1 aliphatic rings. The first-order valence-corrected chi connectivity index (χ1v) is 18.8. The van der Waals surface area contributed by atoms with E-state index >= 15 is 0 Å². The third-order valence-corrected chi connectivity index (χ3v) is 9.30. The monoisotopic (exact) mass is 662 g/mol. The SMILES string of the molecule is CCCCCCCCCCCCCCCC(=O)N[C@@H](CO[C@@H]1O[C@H](CO)[C@H](O)C(O)C1O)[C@H](O)[C@H](O)CCCCCCCCCC. The third kappa shape index (κ3) is 19.2. The maximum absolute atomic E-state index is 12.9. The van der Waals surface area contributed by atoms with Crippen molar-refractivity contribution < 1.29 is 44.9 Å². The second kappa shape index (κ2) is 28.0. The quantitative estimate of drug-likeness (QED) is 0.0523. The Morgan fingerprint density at radius 3 is 1.61 bits per heavy atom. The number of rotatable bonds is 30. The maximum Gasteiger partial charge on any atom is 0.220 e. The lowest BCUT2D eigenvalue weighted by Crippen LogP contribution is -2.60. The van der Waals surface area contributed by atoms with Crippen LogP contribution in [0.15, 0.2) is 0 Å². The highest BCUT2D eigenvalue weighted by atomic mass is 16.7. The van der Waals surface area contributed by atoms with Crippen molar-refractivity contribution in [2.45, 2.75) is 210 Å². The summed E-state index contributed by atoms with van der Waals surface area (Å²) in [6.45, 7) is 3.54. The summed E-state index contributed by atoms with van der Waals surface area (Å²) in [7, 11) is 0. The van der Waals surface area contributed by atoms with Crippen LogP contribution < -0.4 is 5.32 Å². The minimum absolute atomic E-state index is 0.260. The standard InChI is InChI=1S/C36H71NO9/c1-3-5-7-9-11-13-14-15-16-17-19-21-23-25-31(40)37-28(27-45-36-35(44)34(43)33(42)30(26-38)46-36)32(41)29(39)24-22-20-18-12-10-8-6-4-2/h28-30,32-36,38-39,41-44H,3-27H2,1-2H3,(H,37,40)/t28-,29+,30+,32-,33-,34?,35?,36+/m0/s1. The summed E-state index contributed by atoms with van der Waals surface area (Å²) < 4.78 is 11.1. The number of carbonyl (C=O) groups excluding carboxylic acids is 1. The highest BCUT2D eigenvalue weighted by Crippen LogP contribution is 2.23. The van der Waals surface area contributed by atoms with E-state index in [9.17, 15) is 35.4 Å². The molecule has 0 aromatic rings. The fourth-order valence-electron chi connectivity index (χ4n) is 6.14. The number of hydrogen-bond acceptors (Lipinski definition) is 9. The topological polar surface area (TPSA) is 169 Å². The van der Waals surface area contributed by atoms with E-state index in [1.807, 2.05) is 0 Å². The molecule has 1 heterocycles. The van der Waals surface area contributed by atoms with Crippen molar-refractivity contribution in [2.24, 2.45) is 0 Å². The Balaban J connectivity index is 2.49. The Labute approximate surface area is 279 Å². The molecule has 0 aliphatic carbocycles. The molecule has 1 saturated heterocycles. The summed E-state index contributed by atoms with van der Waals surface area (Å²) in [6.07, 6.45) is 15.6. The fraction of sp³-hybridized carbons (Fsp3) is 0.972. The van der Waals surface area contributed by atoms with Gasteiger partial charge in [-0.15, -0.1) is 0 Å². The van der Waals surface area contributed by atoms with Gasteiger partial charge in [0.05, 0.1) is 25.4 Å². The summed E-state index contributed by atoms with van der Waals surface area (Å²) in [6, 6.07) is -0.981. The number of hydrogen-bond donors (Lipinski definition) is 7. The van der Waals surface area contributed by atoms with Crippen molar-refractivity contribution in [1.82, 2.24) is 5.32 Å². The molecule has 46 heavy (non-hydrogen) atoms. The number of nitrogens with one attached hydrogen (secondary N) is 1. The highest BCUT2D eigenvalue weighted by molar-refractivity contribution is 5.76. The van der Waals surface area contributed by atoms with Crippen molar-refractivity contribution in [2.75, 3.05) is 13.2 Å². The largest absolute Gasteiger partial charge is 0.394 e. The van der Waals surface area contributed by atoms with Gasteiger partial charge in [0.15, 0.2) is 6.29 Å². The van der Waals surface area contributed by atoms with Crippen LogP contribution in [0.25, 0.3) is 0 Å². The predicted molar refractivity (Wildman–Crippen MR) is 181 cm³/mol. The lowest BCUT2D eigenvalue weighted by molar-refractivity contribution is -0.303. The van der Waals surface area contributed by atoms with Gasteiger partial charge >= 0.3 is 0 Å². The molecule has 0 aromatic carbocycles. The van der Waals surface area contributed by atoms with E-state index in [1.54, 1.807) is 0 Å². The molecule has 10 nitrogen and oxygen atoms in total. The average molecular weight is 662 g/mol. The molecule has 0 aromatic heterocycles. The summed E-state index contributed by atoms with van der Waals surface area (Å²) >= 11 is 0. The van der Waals surface area contributed by atoms with Crippen LogP contribution in [0.2, 0.25) is 0 Å². The number of unbranched alkanes of at least 4 members (excludes halogenated alkanes) is 19. The Bertz CT molecular complexity index is 713. The van der Waals surface area contributed by atoms with Crippen LogP contribution >= 0.6 is 0 Å². The van der Waals surface area contributed by atoms with Gasteiger partial charge in [0.1, 0.15) is 30.5 Å². The minimum Gasteiger partial charge on any atom is -0.394 e. The smallest absolute Gasteiger partial charge is 0.220 e. The van der Waals surface area contributed by atoms with E-state index in [1.165, 1.54) is 83.5 Å². The molecule has 1 aliphatic heterocycles. The molecule has 0 bridgehead atoms. The number of ether oxygens (including phenoxy) is 2. The maximum atomic E-state index is 12.9. The molecule has 1 rings (SSSR count). The Hall–Kier alpha value is -0.850. The molecular weight excluding hydrogens is 590 g/mol. The van der Waals surface area contributed by atoms with Crippen LogP contribution in [0.5, 0.6) is 0 Å². The molecule has 2 unspecified atom stereocenters. The van der Waals surface area contributed by atoms with Crippen LogP contribution in [0.4, 0.5) is 0 Å². The van der Waals surface area contributed by atoms with E-state index in [2.05, 4.69) is 19.2 Å². The third-order valence-electron chi connectivity index (χ3n) is 9.30. The van der Waals surface area contributed by atoms with Gasteiger partial charge in [0.25, 0.3) is 0 Å². The Morgan fingerprint density at radius 2 is 1.13 bits per heavy atom. The Morgan fingerprint density at radius 1 is 0.674 bits per heavy atom.